The number of fused-ring (bicyclic) bond motifs is 1. The predicted octanol–water partition coefficient (Wildman–Crippen LogP) is 0.952. The highest BCUT2D eigenvalue weighted by Gasteiger charge is 2.40. The molecule has 1 aromatic carbocycles. The molecule has 3 N–H and O–H groups in total. The number of rotatable bonds is 2. The third kappa shape index (κ3) is 2.34. The van der Waals surface area contributed by atoms with Crippen molar-refractivity contribution in [1.82, 2.24) is 10.2 Å². The van der Waals surface area contributed by atoms with Crippen molar-refractivity contribution in [2.24, 2.45) is 5.73 Å². The fourth-order valence-electron chi connectivity index (χ4n) is 3.85. The molecule has 0 aromatic heterocycles. The molecule has 1 aliphatic carbocycles. The molecule has 6 nitrogen and oxygen atoms in total. The maximum Gasteiger partial charge on any atom is 0.255 e. The average Bonchev–Trinajstić information content (AvgIpc) is 3.12. The minimum absolute atomic E-state index is 0.135. The number of carbonyl (C=O) groups is 3. The molecule has 6 heteroatoms. The molecule has 4 rings (SSSR count). The molecule has 1 aromatic rings. The Morgan fingerprint density at radius 2 is 1.96 bits per heavy atom. The highest BCUT2D eigenvalue weighted by atomic mass is 16.2. The zero-order valence-electron chi connectivity index (χ0n) is 13.2. The lowest BCUT2D eigenvalue weighted by Crippen LogP contribution is -2.52. The van der Waals surface area contributed by atoms with E-state index in [1.54, 1.807) is 4.90 Å². The third-order valence-corrected chi connectivity index (χ3v) is 5.08. The fourth-order valence-corrected chi connectivity index (χ4v) is 3.85. The fraction of sp³-hybridized carbons (Fsp3) is 0.389. The van der Waals surface area contributed by atoms with Crippen LogP contribution in [0.25, 0.3) is 5.57 Å². The summed E-state index contributed by atoms with van der Waals surface area (Å²) in [4.78, 5) is 37.8. The highest BCUT2D eigenvalue weighted by Crippen LogP contribution is 2.36. The Morgan fingerprint density at radius 1 is 1.17 bits per heavy atom. The highest BCUT2D eigenvalue weighted by molar-refractivity contribution is 6.06. The third-order valence-electron chi connectivity index (χ3n) is 5.08. The standard InChI is InChI=1S/C18H19N3O3/c19-11-5-4-10(8-11)12-2-1-3-13-14(12)9-21(18(13)24)15-6-7-16(22)20-17(15)23/h1-4,11,15H,5-9,19H2,(H,20,22,23). The van der Waals surface area contributed by atoms with Gasteiger partial charge in [-0.05, 0) is 42.0 Å². The smallest absolute Gasteiger partial charge is 0.255 e. The van der Waals surface area contributed by atoms with Crippen LogP contribution >= 0.6 is 0 Å². The van der Waals surface area contributed by atoms with Crippen molar-refractivity contribution in [2.45, 2.75) is 44.3 Å². The second-order valence-electron chi connectivity index (χ2n) is 6.66. The second-order valence-corrected chi connectivity index (χ2v) is 6.66. The number of carbonyl (C=O) groups excluding carboxylic acids is 3. The Labute approximate surface area is 139 Å². The van der Waals surface area contributed by atoms with E-state index in [0.717, 1.165) is 24.0 Å². The van der Waals surface area contributed by atoms with E-state index in [0.29, 0.717) is 18.5 Å². The summed E-state index contributed by atoms with van der Waals surface area (Å²) in [5.74, 6) is -0.786. The van der Waals surface area contributed by atoms with Gasteiger partial charge in [-0.3, -0.25) is 19.7 Å². The summed E-state index contributed by atoms with van der Waals surface area (Å²) in [6.45, 7) is 0.406. The second kappa shape index (κ2) is 5.56. The molecule has 24 heavy (non-hydrogen) atoms. The van der Waals surface area contributed by atoms with Crippen LogP contribution < -0.4 is 11.1 Å². The molecule has 0 saturated carbocycles. The number of nitrogens with zero attached hydrogens (tertiary/aromatic N) is 1. The molecular formula is C18H19N3O3. The van der Waals surface area contributed by atoms with E-state index in [9.17, 15) is 14.4 Å². The number of hydrogen-bond acceptors (Lipinski definition) is 4. The number of nitrogens with one attached hydrogen (secondary N) is 1. The molecule has 124 valence electrons. The summed E-state index contributed by atoms with van der Waals surface area (Å²) in [7, 11) is 0. The molecule has 1 saturated heterocycles. The van der Waals surface area contributed by atoms with Crippen molar-refractivity contribution >= 4 is 23.3 Å². The summed E-state index contributed by atoms with van der Waals surface area (Å²) in [5, 5.41) is 2.33. The number of hydrogen-bond donors (Lipinski definition) is 2. The zero-order chi connectivity index (χ0) is 16.8. The Morgan fingerprint density at radius 3 is 2.67 bits per heavy atom. The van der Waals surface area contributed by atoms with E-state index in [1.807, 2.05) is 18.2 Å². The molecule has 0 radical (unpaired) electrons. The molecular weight excluding hydrogens is 306 g/mol. The normalized spacial score (nSPS) is 26.5. The molecule has 1 fully saturated rings. The van der Waals surface area contributed by atoms with Crippen LogP contribution in [-0.2, 0) is 16.1 Å². The molecule has 2 heterocycles. The number of imide groups is 1. The van der Waals surface area contributed by atoms with Crippen LogP contribution in [0.2, 0.25) is 0 Å². The Bertz CT molecular complexity index is 784. The summed E-state index contributed by atoms with van der Waals surface area (Å²) in [6, 6.07) is 5.27. The van der Waals surface area contributed by atoms with Crippen LogP contribution in [0.4, 0.5) is 0 Å². The van der Waals surface area contributed by atoms with Crippen molar-refractivity contribution in [2.75, 3.05) is 0 Å². The average molecular weight is 325 g/mol. The zero-order valence-corrected chi connectivity index (χ0v) is 13.2. The lowest BCUT2D eigenvalue weighted by molar-refractivity contribution is -0.136. The summed E-state index contributed by atoms with van der Waals surface area (Å²) >= 11 is 0. The van der Waals surface area contributed by atoms with Crippen LogP contribution in [0.5, 0.6) is 0 Å². The summed E-state index contributed by atoms with van der Waals surface area (Å²) in [5.41, 5.74) is 9.85. The van der Waals surface area contributed by atoms with Crippen LogP contribution in [0.15, 0.2) is 24.3 Å². The first-order valence-corrected chi connectivity index (χ1v) is 8.26. The van der Waals surface area contributed by atoms with Gasteiger partial charge >= 0.3 is 0 Å². The maximum atomic E-state index is 12.8. The quantitative estimate of drug-likeness (QED) is 0.792. The van der Waals surface area contributed by atoms with Gasteiger partial charge in [0.15, 0.2) is 0 Å². The first kappa shape index (κ1) is 15.1. The van der Waals surface area contributed by atoms with Gasteiger partial charge in [0.05, 0.1) is 0 Å². The van der Waals surface area contributed by atoms with E-state index in [1.165, 1.54) is 5.57 Å². The van der Waals surface area contributed by atoms with Crippen molar-refractivity contribution in [1.29, 1.82) is 0 Å². The van der Waals surface area contributed by atoms with Crippen LogP contribution in [-0.4, -0.2) is 34.7 Å². The minimum atomic E-state index is -0.574. The molecule has 2 aliphatic heterocycles. The largest absolute Gasteiger partial charge is 0.327 e. The monoisotopic (exact) mass is 325 g/mol. The van der Waals surface area contributed by atoms with Gasteiger partial charge < -0.3 is 10.6 Å². The van der Waals surface area contributed by atoms with Crippen molar-refractivity contribution < 1.29 is 14.4 Å². The number of piperidine rings is 1. The lowest BCUT2D eigenvalue weighted by Gasteiger charge is -2.29. The molecule has 3 amide bonds. The number of amides is 3. The van der Waals surface area contributed by atoms with Gasteiger partial charge in [0.25, 0.3) is 5.91 Å². The van der Waals surface area contributed by atoms with E-state index < -0.39 is 6.04 Å². The van der Waals surface area contributed by atoms with E-state index >= 15 is 0 Å². The first-order valence-electron chi connectivity index (χ1n) is 8.26. The molecule has 3 aliphatic rings. The van der Waals surface area contributed by atoms with Gasteiger partial charge in [0.1, 0.15) is 6.04 Å². The maximum absolute atomic E-state index is 12.8. The van der Waals surface area contributed by atoms with Gasteiger partial charge in [0.2, 0.25) is 11.8 Å². The van der Waals surface area contributed by atoms with Gasteiger partial charge in [-0.15, -0.1) is 0 Å². The van der Waals surface area contributed by atoms with Crippen LogP contribution in [0.3, 0.4) is 0 Å². The van der Waals surface area contributed by atoms with Gasteiger partial charge in [-0.25, -0.2) is 0 Å². The van der Waals surface area contributed by atoms with E-state index in [2.05, 4.69) is 11.4 Å². The number of benzene rings is 1. The summed E-state index contributed by atoms with van der Waals surface area (Å²) in [6.07, 6.45) is 4.45. The SMILES string of the molecule is NC1CC=C(c2cccc3c2CN(C2CCC(=O)NC2=O)C3=O)C1. The predicted molar refractivity (Wildman–Crippen MR) is 87.7 cm³/mol. The van der Waals surface area contributed by atoms with Crippen LogP contribution in [0, 0.1) is 0 Å². The first-order chi connectivity index (χ1) is 11.5. The topological polar surface area (TPSA) is 92.5 Å². The molecule has 0 spiro atoms. The Kier molecular flexibility index (Phi) is 3.49. The summed E-state index contributed by atoms with van der Waals surface area (Å²) < 4.78 is 0. The molecule has 2 unspecified atom stereocenters. The van der Waals surface area contributed by atoms with Gasteiger partial charge in [0, 0.05) is 24.6 Å². The van der Waals surface area contributed by atoms with Crippen LogP contribution in [0.1, 0.15) is 47.2 Å². The minimum Gasteiger partial charge on any atom is -0.327 e. The van der Waals surface area contributed by atoms with E-state index in [4.69, 9.17) is 5.73 Å². The lowest BCUT2D eigenvalue weighted by atomic mass is 9.96. The van der Waals surface area contributed by atoms with Crippen molar-refractivity contribution in [3.05, 3.63) is 41.0 Å². The molecule has 0 bridgehead atoms. The van der Waals surface area contributed by atoms with Gasteiger partial charge in [-0.2, -0.15) is 0 Å². The Hall–Kier alpha value is -2.47. The number of nitrogens with two attached hydrogens (primary N) is 1. The van der Waals surface area contributed by atoms with E-state index in [-0.39, 0.29) is 30.2 Å². The molecule has 2 atom stereocenters. The Balaban J connectivity index is 1.65. The van der Waals surface area contributed by atoms with Gasteiger partial charge in [-0.1, -0.05) is 18.2 Å². The van der Waals surface area contributed by atoms with Crippen molar-refractivity contribution in [3.8, 4) is 0 Å². The van der Waals surface area contributed by atoms with Crippen molar-refractivity contribution in [3.63, 3.8) is 0 Å².